The third kappa shape index (κ3) is 2.58. The van der Waals surface area contributed by atoms with E-state index in [2.05, 4.69) is 0 Å². The van der Waals surface area contributed by atoms with Crippen molar-refractivity contribution in [3.05, 3.63) is 29.8 Å². The van der Waals surface area contributed by atoms with Crippen LogP contribution in [0.5, 0.6) is 0 Å². The van der Waals surface area contributed by atoms with Crippen molar-refractivity contribution in [1.29, 1.82) is 0 Å². The molecule has 0 spiro atoms. The largest absolute Gasteiger partial charge is 0.324 e. The molecule has 18 heavy (non-hydrogen) atoms. The van der Waals surface area contributed by atoms with Crippen LogP contribution in [-0.4, -0.2) is 25.8 Å². The number of nitrogens with zero attached hydrogens (tertiary/aromatic N) is 1. The molecule has 1 fully saturated rings. The molecule has 0 aromatic heterocycles. The summed E-state index contributed by atoms with van der Waals surface area (Å²) in [6.45, 7) is 3.26. The first-order chi connectivity index (χ1) is 8.55. The molecule has 2 N–H and O–H groups in total. The van der Waals surface area contributed by atoms with Crippen molar-refractivity contribution < 1.29 is 8.42 Å². The van der Waals surface area contributed by atoms with Crippen molar-refractivity contribution >= 4 is 10.0 Å². The minimum absolute atomic E-state index is 0.0984. The number of hydrogen-bond acceptors (Lipinski definition) is 3. The van der Waals surface area contributed by atoms with Gasteiger partial charge in [0.25, 0.3) is 0 Å². The Kier molecular flexibility index (Phi) is 4.04. The normalized spacial score (nSPS) is 19.0. The maximum absolute atomic E-state index is 12.4. The van der Waals surface area contributed by atoms with E-state index in [1.165, 1.54) is 0 Å². The summed E-state index contributed by atoms with van der Waals surface area (Å²) in [7, 11) is -3.33. The predicted octanol–water partition coefficient (Wildman–Crippen LogP) is 1.88. The summed E-state index contributed by atoms with van der Waals surface area (Å²) >= 11 is 0. The monoisotopic (exact) mass is 268 g/mol. The van der Waals surface area contributed by atoms with Crippen LogP contribution in [0.25, 0.3) is 0 Å². The molecular weight excluding hydrogens is 248 g/mol. The van der Waals surface area contributed by atoms with E-state index in [4.69, 9.17) is 5.73 Å². The Labute approximate surface area is 109 Å². The third-order valence-corrected chi connectivity index (χ3v) is 5.32. The second kappa shape index (κ2) is 5.38. The highest BCUT2D eigenvalue weighted by molar-refractivity contribution is 7.89. The summed E-state index contributed by atoms with van der Waals surface area (Å²) in [6, 6.07) is 6.92. The minimum Gasteiger partial charge on any atom is -0.324 e. The summed E-state index contributed by atoms with van der Waals surface area (Å²) in [5.41, 5.74) is 6.84. The molecule has 1 heterocycles. The molecule has 1 aliphatic rings. The van der Waals surface area contributed by atoms with Crippen LogP contribution in [0.3, 0.4) is 0 Å². The molecule has 4 nitrogen and oxygen atoms in total. The van der Waals surface area contributed by atoms with Crippen molar-refractivity contribution in [1.82, 2.24) is 4.31 Å². The zero-order valence-corrected chi connectivity index (χ0v) is 11.5. The molecule has 1 atom stereocenters. The molecule has 0 saturated carbocycles. The summed E-state index contributed by atoms with van der Waals surface area (Å²) in [4.78, 5) is 0.366. The Hall–Kier alpha value is -0.910. The first-order valence-electron chi connectivity index (χ1n) is 6.41. The van der Waals surface area contributed by atoms with Gasteiger partial charge in [-0.2, -0.15) is 4.31 Å². The van der Waals surface area contributed by atoms with Crippen molar-refractivity contribution in [3.8, 4) is 0 Å². The fraction of sp³-hybridized carbons (Fsp3) is 0.538. The Bertz CT molecular complexity index is 507. The van der Waals surface area contributed by atoms with Crippen LogP contribution in [0.1, 0.15) is 37.8 Å². The SMILES string of the molecule is CCC(N)c1cccc(S(=O)(=O)N2CCCC2)c1. The van der Waals surface area contributed by atoms with E-state index in [0.29, 0.717) is 18.0 Å². The molecular formula is C13H20N2O2S. The summed E-state index contributed by atoms with van der Waals surface area (Å²) in [5, 5.41) is 0. The number of sulfonamides is 1. The van der Waals surface area contributed by atoms with Gasteiger partial charge in [0.05, 0.1) is 4.90 Å². The van der Waals surface area contributed by atoms with E-state index >= 15 is 0 Å². The Morgan fingerprint density at radius 1 is 1.33 bits per heavy atom. The average Bonchev–Trinajstić information content (AvgIpc) is 2.92. The van der Waals surface area contributed by atoms with Gasteiger partial charge in [-0.3, -0.25) is 0 Å². The van der Waals surface area contributed by atoms with Crippen molar-refractivity contribution in [3.63, 3.8) is 0 Å². The molecule has 1 aromatic rings. The van der Waals surface area contributed by atoms with Crippen LogP contribution < -0.4 is 5.73 Å². The molecule has 0 aliphatic carbocycles. The van der Waals surface area contributed by atoms with Gasteiger partial charge in [-0.05, 0) is 37.0 Å². The topological polar surface area (TPSA) is 63.4 Å². The highest BCUT2D eigenvalue weighted by Gasteiger charge is 2.27. The lowest BCUT2D eigenvalue weighted by atomic mass is 10.1. The van der Waals surface area contributed by atoms with Gasteiger partial charge >= 0.3 is 0 Å². The quantitative estimate of drug-likeness (QED) is 0.907. The van der Waals surface area contributed by atoms with Gasteiger partial charge in [-0.15, -0.1) is 0 Å². The van der Waals surface area contributed by atoms with E-state index in [-0.39, 0.29) is 6.04 Å². The summed E-state index contributed by atoms with van der Waals surface area (Å²) < 4.78 is 26.3. The first kappa shape index (κ1) is 13.5. The first-order valence-corrected chi connectivity index (χ1v) is 7.85. The van der Waals surface area contributed by atoms with Gasteiger partial charge in [-0.1, -0.05) is 19.1 Å². The molecule has 2 rings (SSSR count). The standard InChI is InChI=1S/C13H20N2O2S/c1-2-13(14)11-6-5-7-12(10-11)18(16,17)15-8-3-4-9-15/h5-7,10,13H,2-4,8-9,14H2,1H3. The lowest BCUT2D eigenvalue weighted by Gasteiger charge is -2.17. The van der Waals surface area contributed by atoms with Gasteiger partial charge < -0.3 is 5.73 Å². The van der Waals surface area contributed by atoms with Crippen LogP contribution in [-0.2, 0) is 10.0 Å². The van der Waals surface area contributed by atoms with Crippen molar-refractivity contribution in [2.45, 2.75) is 37.1 Å². The van der Waals surface area contributed by atoms with Gasteiger partial charge in [0.2, 0.25) is 10.0 Å². The second-order valence-corrected chi connectivity index (χ2v) is 6.64. The van der Waals surface area contributed by atoms with Crippen LogP contribution >= 0.6 is 0 Å². The highest BCUT2D eigenvalue weighted by atomic mass is 32.2. The zero-order valence-electron chi connectivity index (χ0n) is 10.7. The van der Waals surface area contributed by atoms with Crippen molar-refractivity contribution in [2.24, 2.45) is 5.73 Å². The maximum Gasteiger partial charge on any atom is 0.243 e. The molecule has 1 aromatic carbocycles. The van der Waals surface area contributed by atoms with E-state index in [9.17, 15) is 8.42 Å². The molecule has 1 unspecified atom stereocenters. The molecule has 0 bridgehead atoms. The van der Waals surface area contributed by atoms with Gasteiger partial charge in [0.15, 0.2) is 0 Å². The molecule has 5 heteroatoms. The van der Waals surface area contributed by atoms with E-state index in [1.54, 1.807) is 22.5 Å². The summed E-state index contributed by atoms with van der Waals surface area (Å²) in [5.74, 6) is 0. The lowest BCUT2D eigenvalue weighted by molar-refractivity contribution is 0.477. The van der Waals surface area contributed by atoms with E-state index in [0.717, 1.165) is 24.8 Å². The van der Waals surface area contributed by atoms with Gasteiger partial charge in [0, 0.05) is 19.1 Å². The smallest absolute Gasteiger partial charge is 0.243 e. The fourth-order valence-corrected chi connectivity index (χ4v) is 3.79. The molecule has 0 amide bonds. The fourth-order valence-electron chi connectivity index (χ4n) is 2.22. The third-order valence-electron chi connectivity index (χ3n) is 3.43. The Morgan fingerprint density at radius 3 is 2.61 bits per heavy atom. The number of hydrogen-bond donors (Lipinski definition) is 1. The van der Waals surface area contributed by atoms with Gasteiger partial charge in [0.1, 0.15) is 0 Å². The Morgan fingerprint density at radius 2 is 2.00 bits per heavy atom. The van der Waals surface area contributed by atoms with Crippen LogP contribution in [0.15, 0.2) is 29.2 Å². The zero-order chi connectivity index (χ0) is 13.2. The molecule has 100 valence electrons. The second-order valence-electron chi connectivity index (χ2n) is 4.70. The van der Waals surface area contributed by atoms with Crippen molar-refractivity contribution in [2.75, 3.05) is 13.1 Å². The highest BCUT2D eigenvalue weighted by Crippen LogP contribution is 2.23. The average molecular weight is 268 g/mol. The predicted molar refractivity (Wildman–Crippen MR) is 71.7 cm³/mol. The number of nitrogens with two attached hydrogens (primary N) is 1. The Balaban J connectivity index is 2.32. The summed E-state index contributed by atoms with van der Waals surface area (Å²) in [6.07, 6.45) is 2.70. The minimum atomic E-state index is -3.33. The van der Waals surface area contributed by atoms with Gasteiger partial charge in [-0.25, -0.2) is 8.42 Å². The number of benzene rings is 1. The van der Waals surface area contributed by atoms with Crippen LogP contribution in [0.2, 0.25) is 0 Å². The lowest BCUT2D eigenvalue weighted by Crippen LogP contribution is -2.28. The van der Waals surface area contributed by atoms with Crippen LogP contribution in [0, 0.1) is 0 Å². The molecule has 0 radical (unpaired) electrons. The van der Waals surface area contributed by atoms with Crippen LogP contribution in [0.4, 0.5) is 0 Å². The van der Waals surface area contributed by atoms with E-state index in [1.807, 2.05) is 13.0 Å². The van der Waals surface area contributed by atoms with E-state index < -0.39 is 10.0 Å². The molecule has 1 aliphatic heterocycles. The number of rotatable bonds is 4. The maximum atomic E-state index is 12.4. The molecule has 1 saturated heterocycles.